The SMILES string of the molecule is COc1cc(C)c(COC(C)Cc2ccc(Cl)c(F)c2)cn1. The minimum atomic E-state index is -0.401. The summed E-state index contributed by atoms with van der Waals surface area (Å²) < 4.78 is 24.3. The average molecular weight is 324 g/mol. The van der Waals surface area contributed by atoms with E-state index in [2.05, 4.69) is 4.98 Å². The molecule has 1 heterocycles. The molecule has 0 aliphatic carbocycles. The summed E-state index contributed by atoms with van der Waals surface area (Å²) in [6, 6.07) is 6.70. The molecule has 1 unspecified atom stereocenters. The number of nitrogens with zero attached hydrogens (tertiary/aromatic N) is 1. The normalized spacial score (nSPS) is 12.2. The van der Waals surface area contributed by atoms with Crippen LogP contribution in [0.5, 0.6) is 5.88 Å². The lowest BCUT2D eigenvalue weighted by molar-refractivity contribution is 0.0530. The molecule has 0 saturated carbocycles. The second-order valence-corrected chi connectivity index (χ2v) is 5.63. The van der Waals surface area contributed by atoms with Gasteiger partial charge in [-0.25, -0.2) is 9.37 Å². The van der Waals surface area contributed by atoms with Gasteiger partial charge in [0.2, 0.25) is 5.88 Å². The van der Waals surface area contributed by atoms with E-state index < -0.39 is 5.82 Å². The van der Waals surface area contributed by atoms with Crippen molar-refractivity contribution in [3.05, 3.63) is 58.0 Å². The topological polar surface area (TPSA) is 31.4 Å². The smallest absolute Gasteiger partial charge is 0.213 e. The van der Waals surface area contributed by atoms with E-state index in [9.17, 15) is 4.39 Å². The van der Waals surface area contributed by atoms with Crippen molar-refractivity contribution in [1.82, 2.24) is 4.98 Å². The van der Waals surface area contributed by atoms with Crippen molar-refractivity contribution in [2.45, 2.75) is 33.0 Å². The number of ether oxygens (including phenoxy) is 2. The van der Waals surface area contributed by atoms with Crippen LogP contribution in [0.4, 0.5) is 4.39 Å². The molecular weight excluding hydrogens is 305 g/mol. The molecule has 0 fully saturated rings. The van der Waals surface area contributed by atoms with Crippen LogP contribution in [0.3, 0.4) is 0 Å². The maximum absolute atomic E-state index is 13.4. The molecule has 2 rings (SSSR count). The van der Waals surface area contributed by atoms with E-state index in [1.54, 1.807) is 19.4 Å². The molecule has 22 heavy (non-hydrogen) atoms. The van der Waals surface area contributed by atoms with Gasteiger partial charge in [-0.3, -0.25) is 0 Å². The molecule has 0 saturated heterocycles. The van der Waals surface area contributed by atoms with Gasteiger partial charge in [0.1, 0.15) is 5.82 Å². The van der Waals surface area contributed by atoms with Crippen LogP contribution in [-0.2, 0) is 17.8 Å². The van der Waals surface area contributed by atoms with Gasteiger partial charge in [0.15, 0.2) is 0 Å². The second-order valence-electron chi connectivity index (χ2n) is 5.23. The van der Waals surface area contributed by atoms with E-state index in [1.165, 1.54) is 6.07 Å². The molecule has 3 nitrogen and oxygen atoms in total. The summed E-state index contributed by atoms with van der Waals surface area (Å²) in [5, 5.41) is 0.136. The van der Waals surface area contributed by atoms with Gasteiger partial charge < -0.3 is 9.47 Å². The van der Waals surface area contributed by atoms with E-state index in [1.807, 2.05) is 26.0 Å². The van der Waals surface area contributed by atoms with Crippen molar-refractivity contribution < 1.29 is 13.9 Å². The quantitative estimate of drug-likeness (QED) is 0.792. The summed E-state index contributed by atoms with van der Waals surface area (Å²) in [4.78, 5) is 4.17. The van der Waals surface area contributed by atoms with E-state index in [0.29, 0.717) is 18.9 Å². The Hall–Kier alpha value is -1.65. The first-order chi connectivity index (χ1) is 10.5. The molecule has 2 aromatic rings. The molecule has 1 aromatic heterocycles. The third-order valence-corrected chi connectivity index (χ3v) is 3.74. The van der Waals surface area contributed by atoms with Crippen LogP contribution in [0, 0.1) is 12.7 Å². The highest BCUT2D eigenvalue weighted by Crippen LogP contribution is 2.18. The molecule has 0 N–H and O–H groups in total. The molecule has 118 valence electrons. The predicted molar refractivity (Wildman–Crippen MR) is 84.9 cm³/mol. The number of rotatable bonds is 6. The van der Waals surface area contributed by atoms with Crippen molar-refractivity contribution in [1.29, 1.82) is 0 Å². The number of hydrogen-bond acceptors (Lipinski definition) is 3. The van der Waals surface area contributed by atoms with E-state index in [-0.39, 0.29) is 11.1 Å². The number of hydrogen-bond donors (Lipinski definition) is 0. The van der Waals surface area contributed by atoms with Gasteiger partial charge in [-0.15, -0.1) is 0 Å². The molecule has 0 amide bonds. The molecule has 5 heteroatoms. The van der Waals surface area contributed by atoms with Gasteiger partial charge in [0.25, 0.3) is 0 Å². The van der Waals surface area contributed by atoms with Crippen LogP contribution in [-0.4, -0.2) is 18.2 Å². The molecule has 0 aliphatic heterocycles. The lowest BCUT2D eigenvalue weighted by Crippen LogP contribution is -2.12. The average Bonchev–Trinajstić information content (AvgIpc) is 2.49. The second kappa shape index (κ2) is 7.56. The standard InChI is InChI=1S/C17H19ClFNO2/c1-11-6-17(21-3)20-9-14(11)10-22-12(2)7-13-4-5-15(18)16(19)8-13/h4-6,8-9,12H,7,10H2,1-3H3. The Morgan fingerprint density at radius 1 is 1.32 bits per heavy atom. The van der Waals surface area contributed by atoms with E-state index in [0.717, 1.165) is 16.7 Å². The molecule has 0 aliphatic rings. The van der Waals surface area contributed by atoms with Crippen molar-refractivity contribution in [3.63, 3.8) is 0 Å². The van der Waals surface area contributed by atoms with Crippen LogP contribution in [0.15, 0.2) is 30.5 Å². The fraction of sp³-hybridized carbons (Fsp3) is 0.353. The summed E-state index contributed by atoms with van der Waals surface area (Å²) in [6.07, 6.45) is 2.33. The fourth-order valence-electron chi connectivity index (χ4n) is 2.11. The number of methoxy groups -OCH3 is 1. The van der Waals surface area contributed by atoms with Crippen LogP contribution in [0.25, 0.3) is 0 Å². The maximum Gasteiger partial charge on any atom is 0.213 e. The number of halogens is 2. The maximum atomic E-state index is 13.4. The van der Waals surface area contributed by atoms with Crippen LogP contribution >= 0.6 is 11.6 Å². The minimum absolute atomic E-state index is 0.0397. The lowest BCUT2D eigenvalue weighted by atomic mass is 10.1. The van der Waals surface area contributed by atoms with Gasteiger partial charge in [0, 0.05) is 12.3 Å². The predicted octanol–water partition coefficient (Wildman–Crippen LogP) is 4.34. The summed E-state index contributed by atoms with van der Waals surface area (Å²) in [7, 11) is 1.59. The monoisotopic (exact) mass is 323 g/mol. The lowest BCUT2D eigenvalue weighted by Gasteiger charge is -2.15. The third-order valence-electron chi connectivity index (χ3n) is 3.43. The van der Waals surface area contributed by atoms with Crippen LogP contribution < -0.4 is 4.74 Å². The largest absolute Gasteiger partial charge is 0.481 e. The zero-order valence-electron chi connectivity index (χ0n) is 12.9. The molecule has 0 bridgehead atoms. The zero-order chi connectivity index (χ0) is 16.1. The summed E-state index contributed by atoms with van der Waals surface area (Å²) in [5.74, 6) is 0.188. The first kappa shape index (κ1) is 16.7. The Morgan fingerprint density at radius 3 is 2.73 bits per heavy atom. The first-order valence-corrected chi connectivity index (χ1v) is 7.42. The Kier molecular flexibility index (Phi) is 5.75. The molecular formula is C17H19ClFNO2. The van der Waals surface area contributed by atoms with Crippen LogP contribution in [0.2, 0.25) is 5.02 Å². The Balaban J connectivity index is 1.92. The van der Waals surface area contributed by atoms with Gasteiger partial charge in [0.05, 0.1) is 24.8 Å². The zero-order valence-corrected chi connectivity index (χ0v) is 13.7. The summed E-state index contributed by atoms with van der Waals surface area (Å²) in [6.45, 7) is 4.40. The number of benzene rings is 1. The Bertz CT molecular complexity index is 649. The number of aromatic nitrogens is 1. The van der Waals surface area contributed by atoms with Crippen molar-refractivity contribution >= 4 is 11.6 Å². The third kappa shape index (κ3) is 4.42. The number of pyridine rings is 1. The van der Waals surface area contributed by atoms with Gasteiger partial charge in [-0.2, -0.15) is 0 Å². The summed E-state index contributed by atoms with van der Waals surface area (Å²) >= 11 is 5.68. The van der Waals surface area contributed by atoms with Crippen molar-refractivity contribution in [3.8, 4) is 5.88 Å². The van der Waals surface area contributed by atoms with E-state index in [4.69, 9.17) is 21.1 Å². The van der Waals surface area contributed by atoms with Crippen molar-refractivity contribution in [2.24, 2.45) is 0 Å². The molecule has 1 aromatic carbocycles. The highest BCUT2D eigenvalue weighted by Gasteiger charge is 2.09. The number of aryl methyl sites for hydroxylation is 1. The highest BCUT2D eigenvalue weighted by atomic mass is 35.5. The van der Waals surface area contributed by atoms with E-state index >= 15 is 0 Å². The first-order valence-electron chi connectivity index (χ1n) is 7.04. The van der Waals surface area contributed by atoms with Gasteiger partial charge >= 0.3 is 0 Å². The fourth-order valence-corrected chi connectivity index (χ4v) is 2.23. The molecule has 0 spiro atoms. The van der Waals surface area contributed by atoms with Crippen LogP contribution in [0.1, 0.15) is 23.6 Å². The van der Waals surface area contributed by atoms with Gasteiger partial charge in [-0.05, 0) is 49.1 Å². The summed E-state index contributed by atoms with van der Waals surface area (Å²) in [5.41, 5.74) is 2.94. The Labute approximate surface area is 135 Å². The molecule has 0 radical (unpaired) electrons. The molecule has 1 atom stereocenters. The van der Waals surface area contributed by atoms with Crippen molar-refractivity contribution in [2.75, 3.05) is 7.11 Å². The Morgan fingerprint density at radius 2 is 2.09 bits per heavy atom. The highest BCUT2D eigenvalue weighted by molar-refractivity contribution is 6.30. The van der Waals surface area contributed by atoms with Gasteiger partial charge in [-0.1, -0.05) is 17.7 Å². The minimum Gasteiger partial charge on any atom is -0.481 e.